The minimum atomic E-state index is -1.14. The van der Waals surface area contributed by atoms with Crippen LogP contribution in [0.4, 0.5) is 15.8 Å². The highest BCUT2D eigenvalue weighted by atomic mass is 35.5. The Morgan fingerprint density at radius 1 is 0.833 bits per heavy atom. The van der Waals surface area contributed by atoms with Crippen LogP contribution >= 0.6 is 24.4 Å². The first-order valence-corrected chi connectivity index (χ1v) is 12.2. The maximum Gasteiger partial charge on any atom is 0.248 e. The van der Waals surface area contributed by atoms with Crippen LogP contribution in [0.25, 0.3) is 0 Å². The summed E-state index contributed by atoms with van der Waals surface area (Å²) in [4.78, 5) is 27.5. The first kappa shape index (κ1) is 24.1. The Hall–Kier alpha value is -3.61. The molecular weight excluding hydrogens is 495 g/mol. The van der Waals surface area contributed by atoms with Crippen LogP contribution in [-0.4, -0.2) is 16.0 Å². The summed E-state index contributed by atoms with van der Waals surface area (Å²) in [5.74, 6) is -2.04. The van der Waals surface area contributed by atoms with E-state index in [1.165, 1.54) is 16.4 Å². The average molecular weight is 517 g/mol. The highest BCUT2D eigenvalue weighted by Crippen LogP contribution is 2.48. The van der Waals surface area contributed by atoms with E-state index in [0.717, 1.165) is 16.8 Å². The van der Waals surface area contributed by atoms with Gasteiger partial charge in [0.05, 0.1) is 0 Å². The van der Waals surface area contributed by atoms with E-state index < -0.39 is 17.4 Å². The molecule has 7 heteroatoms. The summed E-state index contributed by atoms with van der Waals surface area (Å²) in [7, 11) is 0. The molecule has 180 valence electrons. The Morgan fingerprint density at radius 2 is 1.50 bits per heavy atom. The predicted octanol–water partition coefficient (Wildman–Crippen LogP) is 6.90. The zero-order valence-corrected chi connectivity index (χ0v) is 20.7. The van der Waals surface area contributed by atoms with Crippen LogP contribution in [0.15, 0.2) is 103 Å². The van der Waals surface area contributed by atoms with Gasteiger partial charge in [0, 0.05) is 22.8 Å². The number of hydrogen-bond acceptors (Lipinski definition) is 4. The number of benzene rings is 4. The van der Waals surface area contributed by atoms with Gasteiger partial charge in [-0.3, -0.25) is 13.9 Å². The van der Waals surface area contributed by atoms with E-state index in [4.69, 9.17) is 24.4 Å². The standard InChI is InChI=1S/C29H22ClFN2O2S/c30-25-12-5-4-11-24(25)27-26(34)18-29(33(36)28(27)35,19-7-2-1-3-8-19)20-9-6-10-23(17-20)32-22-15-13-21(31)14-16-22/h1-17,27,32,36H,18H2. The highest BCUT2D eigenvalue weighted by Gasteiger charge is 2.52. The van der Waals surface area contributed by atoms with E-state index in [0.29, 0.717) is 16.3 Å². The quantitative estimate of drug-likeness (QED) is 0.224. The third-order valence-electron chi connectivity index (χ3n) is 6.51. The number of thiol groups is 1. The molecule has 1 fully saturated rings. The molecule has 1 saturated heterocycles. The topological polar surface area (TPSA) is 49.4 Å². The average Bonchev–Trinajstić information content (AvgIpc) is 2.89. The summed E-state index contributed by atoms with van der Waals surface area (Å²) in [6.45, 7) is 0. The lowest BCUT2D eigenvalue weighted by Gasteiger charge is -2.46. The molecule has 5 rings (SSSR count). The first-order chi connectivity index (χ1) is 17.4. The van der Waals surface area contributed by atoms with Gasteiger partial charge in [-0.1, -0.05) is 85.1 Å². The van der Waals surface area contributed by atoms with Crippen molar-refractivity contribution in [3.63, 3.8) is 0 Å². The molecule has 36 heavy (non-hydrogen) atoms. The fourth-order valence-electron chi connectivity index (χ4n) is 4.78. The molecule has 4 nitrogen and oxygen atoms in total. The fraction of sp³-hybridized carbons (Fsp3) is 0.103. The van der Waals surface area contributed by atoms with Crippen molar-refractivity contribution in [3.8, 4) is 0 Å². The van der Waals surface area contributed by atoms with Crippen LogP contribution in [0.2, 0.25) is 5.02 Å². The van der Waals surface area contributed by atoms with E-state index in [1.54, 1.807) is 36.4 Å². The number of carbonyl (C=O) groups is 2. The summed E-state index contributed by atoms with van der Waals surface area (Å²) in [5.41, 5.74) is 2.25. The van der Waals surface area contributed by atoms with Gasteiger partial charge in [0.2, 0.25) is 5.91 Å². The number of ketones is 1. The number of nitrogens with zero attached hydrogens (tertiary/aromatic N) is 1. The Kier molecular flexibility index (Phi) is 6.56. The van der Waals surface area contributed by atoms with Gasteiger partial charge in [0.25, 0.3) is 0 Å². The maximum absolute atomic E-state index is 13.8. The number of hydrogen-bond donors (Lipinski definition) is 2. The lowest BCUT2D eigenvalue weighted by molar-refractivity contribution is -0.142. The molecule has 1 N–H and O–H groups in total. The Balaban J connectivity index is 1.60. The minimum Gasteiger partial charge on any atom is -0.356 e. The monoisotopic (exact) mass is 516 g/mol. The summed E-state index contributed by atoms with van der Waals surface area (Å²) in [6, 6.07) is 29.8. The van der Waals surface area contributed by atoms with E-state index >= 15 is 0 Å². The molecule has 0 aromatic heterocycles. The van der Waals surface area contributed by atoms with Gasteiger partial charge in [-0.15, -0.1) is 0 Å². The van der Waals surface area contributed by atoms with Crippen molar-refractivity contribution < 1.29 is 14.0 Å². The normalized spacial score (nSPS) is 19.9. The van der Waals surface area contributed by atoms with Crippen LogP contribution in [0.1, 0.15) is 29.0 Å². The van der Waals surface area contributed by atoms with E-state index in [-0.39, 0.29) is 18.0 Å². The van der Waals surface area contributed by atoms with Gasteiger partial charge >= 0.3 is 0 Å². The van der Waals surface area contributed by atoms with Crippen molar-refractivity contribution in [2.75, 3.05) is 5.32 Å². The summed E-state index contributed by atoms with van der Waals surface area (Å²) in [5, 5.41) is 3.63. The van der Waals surface area contributed by atoms with Gasteiger partial charge in [0.1, 0.15) is 17.3 Å². The third-order valence-corrected chi connectivity index (χ3v) is 7.39. The highest BCUT2D eigenvalue weighted by molar-refractivity contribution is 7.78. The molecule has 1 heterocycles. The molecular formula is C29H22ClFN2O2S. The first-order valence-electron chi connectivity index (χ1n) is 11.4. The maximum atomic E-state index is 13.8. The second kappa shape index (κ2) is 9.80. The Bertz CT molecular complexity index is 1430. The SMILES string of the molecule is O=C1CC(c2ccccc2)(c2cccc(Nc3ccc(F)cc3)c2)N(S)C(=O)C1c1ccccc1Cl. The molecule has 2 atom stereocenters. The van der Waals surface area contributed by atoms with E-state index in [2.05, 4.69) is 5.32 Å². The minimum absolute atomic E-state index is 0.0160. The molecule has 1 aliphatic heterocycles. The van der Waals surface area contributed by atoms with Crippen LogP contribution < -0.4 is 5.32 Å². The molecule has 0 saturated carbocycles. The van der Waals surface area contributed by atoms with Gasteiger partial charge in [0.15, 0.2) is 5.78 Å². The zero-order chi connectivity index (χ0) is 25.3. The van der Waals surface area contributed by atoms with Gasteiger partial charge in [-0.25, -0.2) is 4.39 Å². The molecule has 1 aliphatic rings. The van der Waals surface area contributed by atoms with Crippen molar-refractivity contribution in [2.45, 2.75) is 17.9 Å². The molecule has 0 aliphatic carbocycles. The van der Waals surface area contributed by atoms with Gasteiger partial charge < -0.3 is 5.32 Å². The number of amides is 1. The molecule has 0 spiro atoms. The van der Waals surface area contributed by atoms with Crippen molar-refractivity contribution in [3.05, 3.63) is 131 Å². The molecule has 1 amide bonds. The summed E-state index contributed by atoms with van der Waals surface area (Å²) < 4.78 is 14.7. The number of Topliss-reactive ketones (excluding diaryl/α,β-unsaturated/α-hetero) is 1. The predicted molar refractivity (Wildman–Crippen MR) is 143 cm³/mol. The number of halogens is 2. The van der Waals surface area contributed by atoms with Crippen LogP contribution in [0.5, 0.6) is 0 Å². The number of anilines is 2. The van der Waals surface area contributed by atoms with Crippen molar-refractivity contribution in [1.82, 2.24) is 4.31 Å². The van der Waals surface area contributed by atoms with Crippen molar-refractivity contribution >= 4 is 47.5 Å². The van der Waals surface area contributed by atoms with Crippen LogP contribution in [0.3, 0.4) is 0 Å². The van der Waals surface area contributed by atoms with Crippen molar-refractivity contribution in [2.24, 2.45) is 0 Å². The molecule has 4 aromatic rings. The molecule has 2 unspecified atom stereocenters. The number of carbonyl (C=O) groups excluding carboxylic acids is 2. The number of piperidine rings is 1. The van der Waals surface area contributed by atoms with Crippen molar-refractivity contribution in [1.29, 1.82) is 0 Å². The van der Waals surface area contributed by atoms with E-state index in [9.17, 15) is 14.0 Å². The van der Waals surface area contributed by atoms with E-state index in [1.807, 2.05) is 54.6 Å². The Labute approximate surface area is 219 Å². The molecule has 0 radical (unpaired) electrons. The largest absolute Gasteiger partial charge is 0.356 e. The fourth-order valence-corrected chi connectivity index (χ4v) is 5.44. The third kappa shape index (κ3) is 4.27. The zero-order valence-electron chi connectivity index (χ0n) is 19.1. The smallest absolute Gasteiger partial charge is 0.248 e. The molecule has 0 bridgehead atoms. The summed E-state index contributed by atoms with van der Waals surface area (Å²) >= 11 is 11.1. The van der Waals surface area contributed by atoms with Crippen LogP contribution in [0, 0.1) is 5.82 Å². The lowest BCUT2D eigenvalue weighted by Crippen LogP contribution is -2.54. The van der Waals surface area contributed by atoms with Gasteiger partial charge in [-0.2, -0.15) is 0 Å². The number of rotatable bonds is 5. The van der Waals surface area contributed by atoms with Crippen LogP contribution in [-0.2, 0) is 15.1 Å². The second-order valence-corrected chi connectivity index (χ2v) is 9.49. The van der Waals surface area contributed by atoms with Gasteiger partial charge in [-0.05, 0) is 59.2 Å². The number of nitrogens with one attached hydrogen (secondary N) is 1. The second-order valence-electron chi connectivity index (χ2n) is 8.69. The summed E-state index contributed by atoms with van der Waals surface area (Å²) in [6.07, 6.45) is 0.0160. The molecule has 4 aromatic carbocycles. The lowest BCUT2D eigenvalue weighted by atomic mass is 9.72. The Morgan fingerprint density at radius 3 is 2.22 bits per heavy atom.